The van der Waals surface area contributed by atoms with E-state index in [1.165, 1.54) is 0 Å². The van der Waals surface area contributed by atoms with Gasteiger partial charge in [0.25, 0.3) is 0 Å². The predicted molar refractivity (Wildman–Crippen MR) is 76.0 cm³/mol. The number of aromatic nitrogens is 1. The van der Waals surface area contributed by atoms with E-state index in [9.17, 15) is 0 Å². The van der Waals surface area contributed by atoms with Gasteiger partial charge in [0.1, 0.15) is 11.6 Å². The molecule has 18 heavy (non-hydrogen) atoms. The standard InChI is InChI=1S/C15H20N2O/c1-4-7-18-12-5-6-14-11(8-12)9-13(10(2)3)15(16)17-14/h5-6,8-10H,4,7H2,1-3H3,(H2,16,17). The number of rotatable bonds is 4. The molecule has 0 aliphatic carbocycles. The first kappa shape index (κ1) is 12.7. The molecule has 0 saturated heterocycles. The van der Waals surface area contributed by atoms with E-state index in [0.29, 0.717) is 11.7 Å². The quantitative estimate of drug-likeness (QED) is 0.891. The highest BCUT2D eigenvalue weighted by molar-refractivity contribution is 5.83. The minimum absolute atomic E-state index is 0.377. The first-order valence-electron chi connectivity index (χ1n) is 6.44. The van der Waals surface area contributed by atoms with Crippen LogP contribution in [0.25, 0.3) is 10.9 Å². The highest BCUT2D eigenvalue weighted by Crippen LogP contribution is 2.27. The zero-order chi connectivity index (χ0) is 13.1. The molecule has 0 aliphatic heterocycles. The van der Waals surface area contributed by atoms with Crippen LogP contribution in [0.3, 0.4) is 0 Å². The molecular weight excluding hydrogens is 224 g/mol. The van der Waals surface area contributed by atoms with Crippen molar-refractivity contribution in [1.29, 1.82) is 0 Å². The Bertz CT molecular complexity index is 549. The zero-order valence-corrected chi connectivity index (χ0v) is 11.2. The number of nitrogens with zero attached hydrogens (tertiary/aromatic N) is 1. The zero-order valence-electron chi connectivity index (χ0n) is 11.2. The molecule has 2 aromatic rings. The summed E-state index contributed by atoms with van der Waals surface area (Å²) < 4.78 is 5.63. The fraction of sp³-hybridized carbons (Fsp3) is 0.400. The smallest absolute Gasteiger partial charge is 0.127 e. The van der Waals surface area contributed by atoms with Gasteiger partial charge in [0, 0.05) is 5.39 Å². The van der Waals surface area contributed by atoms with Gasteiger partial charge >= 0.3 is 0 Å². The lowest BCUT2D eigenvalue weighted by molar-refractivity contribution is 0.318. The number of fused-ring (bicyclic) bond motifs is 1. The third-order valence-corrected chi connectivity index (χ3v) is 2.94. The highest BCUT2D eigenvalue weighted by Gasteiger charge is 2.08. The number of pyridine rings is 1. The van der Waals surface area contributed by atoms with Gasteiger partial charge in [0.15, 0.2) is 0 Å². The molecule has 0 radical (unpaired) electrons. The van der Waals surface area contributed by atoms with Gasteiger partial charge in [-0.25, -0.2) is 4.98 Å². The molecular formula is C15H20N2O. The van der Waals surface area contributed by atoms with Crippen LogP contribution in [-0.2, 0) is 0 Å². The lowest BCUT2D eigenvalue weighted by Crippen LogP contribution is -2.00. The second-order valence-corrected chi connectivity index (χ2v) is 4.82. The Labute approximate surface area is 108 Å². The minimum atomic E-state index is 0.377. The molecule has 0 saturated carbocycles. The van der Waals surface area contributed by atoms with Crippen molar-refractivity contribution in [2.24, 2.45) is 0 Å². The Morgan fingerprint density at radius 1 is 1.28 bits per heavy atom. The maximum absolute atomic E-state index is 5.96. The molecule has 0 atom stereocenters. The third kappa shape index (κ3) is 2.55. The maximum atomic E-state index is 5.96. The molecule has 1 aromatic carbocycles. The summed E-state index contributed by atoms with van der Waals surface area (Å²) in [4.78, 5) is 4.44. The number of nitrogens with two attached hydrogens (primary N) is 1. The lowest BCUT2D eigenvalue weighted by Gasteiger charge is -2.11. The van der Waals surface area contributed by atoms with Crippen molar-refractivity contribution < 1.29 is 4.74 Å². The van der Waals surface area contributed by atoms with E-state index in [-0.39, 0.29) is 0 Å². The first-order valence-corrected chi connectivity index (χ1v) is 6.44. The summed E-state index contributed by atoms with van der Waals surface area (Å²) in [5, 5.41) is 1.08. The van der Waals surface area contributed by atoms with Crippen LogP contribution < -0.4 is 10.5 Å². The lowest BCUT2D eigenvalue weighted by atomic mass is 10.0. The Morgan fingerprint density at radius 3 is 2.72 bits per heavy atom. The Kier molecular flexibility index (Phi) is 3.70. The molecule has 96 valence electrons. The van der Waals surface area contributed by atoms with Crippen LogP contribution in [0.2, 0.25) is 0 Å². The molecule has 1 aromatic heterocycles. The van der Waals surface area contributed by atoms with E-state index >= 15 is 0 Å². The molecule has 1 heterocycles. The topological polar surface area (TPSA) is 48.1 Å². The Morgan fingerprint density at radius 2 is 2.06 bits per heavy atom. The molecule has 0 fully saturated rings. The summed E-state index contributed by atoms with van der Waals surface area (Å²) in [5.41, 5.74) is 7.97. The van der Waals surface area contributed by atoms with Crippen LogP contribution in [-0.4, -0.2) is 11.6 Å². The van der Waals surface area contributed by atoms with E-state index < -0.39 is 0 Å². The number of hydrogen-bond donors (Lipinski definition) is 1. The van der Waals surface area contributed by atoms with Crippen molar-refractivity contribution in [1.82, 2.24) is 4.98 Å². The molecule has 0 unspecified atom stereocenters. The van der Waals surface area contributed by atoms with Crippen LogP contribution in [0.5, 0.6) is 5.75 Å². The molecule has 3 nitrogen and oxygen atoms in total. The van der Waals surface area contributed by atoms with E-state index in [4.69, 9.17) is 10.5 Å². The summed E-state index contributed by atoms with van der Waals surface area (Å²) in [5.74, 6) is 1.90. The van der Waals surface area contributed by atoms with E-state index in [1.807, 2.05) is 18.2 Å². The van der Waals surface area contributed by atoms with Gasteiger partial charge in [0.2, 0.25) is 0 Å². The van der Waals surface area contributed by atoms with E-state index in [2.05, 4.69) is 31.8 Å². The molecule has 0 aliphatic rings. The second-order valence-electron chi connectivity index (χ2n) is 4.82. The Balaban J connectivity index is 2.44. The van der Waals surface area contributed by atoms with Crippen LogP contribution in [0, 0.1) is 0 Å². The highest BCUT2D eigenvalue weighted by atomic mass is 16.5. The summed E-state index contributed by atoms with van der Waals surface area (Å²) in [6.07, 6.45) is 1.01. The number of anilines is 1. The number of ether oxygens (including phenoxy) is 1. The normalized spacial score (nSPS) is 11.1. The third-order valence-electron chi connectivity index (χ3n) is 2.94. The van der Waals surface area contributed by atoms with Crippen molar-refractivity contribution in [3.63, 3.8) is 0 Å². The van der Waals surface area contributed by atoms with E-state index in [1.54, 1.807) is 0 Å². The van der Waals surface area contributed by atoms with Gasteiger partial charge in [-0.15, -0.1) is 0 Å². The summed E-state index contributed by atoms with van der Waals surface area (Å²) >= 11 is 0. The average molecular weight is 244 g/mol. The van der Waals surface area contributed by atoms with E-state index in [0.717, 1.165) is 35.2 Å². The van der Waals surface area contributed by atoms with Crippen molar-refractivity contribution in [2.45, 2.75) is 33.1 Å². The second kappa shape index (κ2) is 5.25. The molecule has 2 N–H and O–H groups in total. The molecule has 0 amide bonds. The predicted octanol–water partition coefficient (Wildman–Crippen LogP) is 3.73. The largest absolute Gasteiger partial charge is 0.494 e. The fourth-order valence-electron chi connectivity index (χ4n) is 1.96. The van der Waals surface area contributed by atoms with Gasteiger partial charge < -0.3 is 10.5 Å². The average Bonchev–Trinajstić information content (AvgIpc) is 2.35. The Hall–Kier alpha value is -1.77. The first-order chi connectivity index (χ1) is 8.61. The summed E-state index contributed by atoms with van der Waals surface area (Å²) in [6, 6.07) is 8.05. The molecule has 3 heteroatoms. The van der Waals surface area contributed by atoms with Crippen LogP contribution in [0.4, 0.5) is 5.82 Å². The van der Waals surface area contributed by atoms with Crippen molar-refractivity contribution >= 4 is 16.7 Å². The monoisotopic (exact) mass is 244 g/mol. The summed E-state index contributed by atoms with van der Waals surface area (Å²) in [7, 11) is 0. The van der Waals surface area contributed by atoms with Crippen LogP contribution >= 0.6 is 0 Å². The number of benzene rings is 1. The SMILES string of the molecule is CCCOc1ccc2nc(N)c(C(C)C)cc2c1. The van der Waals surface area contributed by atoms with Gasteiger partial charge in [-0.05, 0) is 42.2 Å². The van der Waals surface area contributed by atoms with Crippen molar-refractivity contribution in [2.75, 3.05) is 12.3 Å². The van der Waals surface area contributed by atoms with Gasteiger partial charge in [-0.3, -0.25) is 0 Å². The number of hydrogen-bond acceptors (Lipinski definition) is 3. The maximum Gasteiger partial charge on any atom is 0.127 e. The molecule has 0 bridgehead atoms. The van der Waals surface area contributed by atoms with Gasteiger partial charge in [-0.2, -0.15) is 0 Å². The van der Waals surface area contributed by atoms with Gasteiger partial charge in [-0.1, -0.05) is 20.8 Å². The molecule has 2 rings (SSSR count). The summed E-state index contributed by atoms with van der Waals surface area (Å²) in [6.45, 7) is 7.08. The van der Waals surface area contributed by atoms with Crippen LogP contribution in [0.1, 0.15) is 38.7 Å². The van der Waals surface area contributed by atoms with Crippen LogP contribution in [0.15, 0.2) is 24.3 Å². The number of nitrogen functional groups attached to an aromatic ring is 1. The fourth-order valence-corrected chi connectivity index (χ4v) is 1.96. The van der Waals surface area contributed by atoms with Crippen molar-refractivity contribution in [3.8, 4) is 5.75 Å². The van der Waals surface area contributed by atoms with Crippen molar-refractivity contribution in [3.05, 3.63) is 29.8 Å². The van der Waals surface area contributed by atoms with Gasteiger partial charge in [0.05, 0.1) is 12.1 Å². The molecule has 0 spiro atoms. The minimum Gasteiger partial charge on any atom is -0.494 e.